The van der Waals surface area contributed by atoms with Gasteiger partial charge in [-0.05, 0) is 49.6 Å². The number of benzene rings is 2. The molecule has 0 amide bonds. The molecule has 2 rings (SSSR count). The molecule has 0 unspecified atom stereocenters. The number of nitrogens with one attached hydrogen (secondary N) is 1. The highest BCUT2D eigenvalue weighted by Crippen LogP contribution is 2.34. The van der Waals surface area contributed by atoms with Gasteiger partial charge in [-0.3, -0.25) is 0 Å². The van der Waals surface area contributed by atoms with E-state index in [2.05, 4.69) is 31.3 Å². The summed E-state index contributed by atoms with van der Waals surface area (Å²) in [6.45, 7) is 9.09. The molecule has 0 heterocycles. The standard InChI is InChI=1S/C22H30ClNO2/c1-4-6-9-12-24-15-19-13-21(25-5-2)22(14-20(19)23)26-16-18-11-8-7-10-17(18)3/h7-8,10-11,13-14,24H,4-6,9,12,15-16H2,1-3H3. The van der Waals surface area contributed by atoms with Crippen LogP contribution in [0.5, 0.6) is 11.5 Å². The predicted octanol–water partition coefficient (Wildman–Crippen LogP) is 5.91. The summed E-state index contributed by atoms with van der Waals surface area (Å²) in [6, 6.07) is 12.1. The lowest BCUT2D eigenvalue weighted by Gasteiger charge is -2.16. The molecule has 0 aliphatic heterocycles. The zero-order chi connectivity index (χ0) is 18.8. The van der Waals surface area contributed by atoms with E-state index in [0.29, 0.717) is 24.0 Å². The van der Waals surface area contributed by atoms with Gasteiger partial charge in [-0.25, -0.2) is 0 Å². The molecule has 1 N–H and O–H groups in total. The van der Waals surface area contributed by atoms with Crippen LogP contribution in [0.15, 0.2) is 36.4 Å². The highest BCUT2D eigenvalue weighted by Gasteiger charge is 2.12. The first kappa shape index (κ1) is 20.6. The smallest absolute Gasteiger partial charge is 0.163 e. The summed E-state index contributed by atoms with van der Waals surface area (Å²) >= 11 is 6.48. The number of unbranched alkanes of at least 4 members (excludes halogenated alkanes) is 2. The van der Waals surface area contributed by atoms with Crippen molar-refractivity contribution in [3.8, 4) is 11.5 Å². The van der Waals surface area contributed by atoms with Gasteiger partial charge in [-0.2, -0.15) is 0 Å². The molecule has 0 aliphatic carbocycles. The number of aryl methyl sites for hydroxylation is 1. The maximum Gasteiger partial charge on any atom is 0.163 e. The zero-order valence-electron chi connectivity index (χ0n) is 16.1. The van der Waals surface area contributed by atoms with E-state index < -0.39 is 0 Å². The summed E-state index contributed by atoms with van der Waals surface area (Å²) < 4.78 is 11.8. The van der Waals surface area contributed by atoms with E-state index in [1.165, 1.54) is 24.8 Å². The second kappa shape index (κ2) is 11.1. The average molecular weight is 376 g/mol. The topological polar surface area (TPSA) is 30.5 Å². The lowest BCUT2D eigenvalue weighted by atomic mass is 10.1. The van der Waals surface area contributed by atoms with Gasteiger partial charge in [-0.15, -0.1) is 0 Å². The molecule has 0 fully saturated rings. The Bertz CT molecular complexity index is 688. The van der Waals surface area contributed by atoms with Gasteiger partial charge >= 0.3 is 0 Å². The fourth-order valence-electron chi connectivity index (χ4n) is 2.74. The van der Waals surface area contributed by atoms with Crippen LogP contribution >= 0.6 is 11.6 Å². The van der Waals surface area contributed by atoms with Crippen LogP contribution in [0.1, 0.15) is 49.8 Å². The first-order chi connectivity index (χ1) is 12.7. The molecule has 142 valence electrons. The second-order valence-electron chi connectivity index (χ2n) is 6.42. The number of rotatable bonds is 11. The van der Waals surface area contributed by atoms with Crippen molar-refractivity contribution in [2.75, 3.05) is 13.2 Å². The van der Waals surface area contributed by atoms with Crippen LogP contribution in [0.25, 0.3) is 0 Å². The predicted molar refractivity (Wildman–Crippen MR) is 109 cm³/mol. The third-order valence-electron chi connectivity index (χ3n) is 4.33. The molecule has 0 spiro atoms. The molecule has 4 heteroatoms. The first-order valence-electron chi connectivity index (χ1n) is 9.49. The molecular weight excluding hydrogens is 346 g/mol. The minimum atomic E-state index is 0.498. The molecule has 0 aromatic heterocycles. The largest absolute Gasteiger partial charge is 0.490 e. The number of ether oxygens (including phenoxy) is 2. The molecule has 2 aromatic rings. The van der Waals surface area contributed by atoms with Crippen LogP contribution in [-0.4, -0.2) is 13.2 Å². The van der Waals surface area contributed by atoms with Gasteiger partial charge in [0.15, 0.2) is 11.5 Å². The van der Waals surface area contributed by atoms with Crippen LogP contribution in [0.4, 0.5) is 0 Å². The third kappa shape index (κ3) is 6.22. The Morgan fingerprint density at radius 1 is 0.962 bits per heavy atom. The van der Waals surface area contributed by atoms with Gasteiger partial charge in [0.1, 0.15) is 6.61 Å². The fraction of sp³-hybridized carbons (Fsp3) is 0.455. The Morgan fingerprint density at radius 3 is 2.46 bits per heavy atom. The Balaban J connectivity index is 2.06. The van der Waals surface area contributed by atoms with Crippen molar-refractivity contribution in [1.82, 2.24) is 5.32 Å². The molecular formula is C22H30ClNO2. The van der Waals surface area contributed by atoms with Crippen molar-refractivity contribution in [3.05, 3.63) is 58.1 Å². The molecule has 0 aliphatic rings. The van der Waals surface area contributed by atoms with E-state index in [1.807, 2.05) is 31.2 Å². The van der Waals surface area contributed by atoms with Crippen LogP contribution in [-0.2, 0) is 13.2 Å². The van der Waals surface area contributed by atoms with Crippen molar-refractivity contribution >= 4 is 11.6 Å². The highest BCUT2D eigenvalue weighted by atomic mass is 35.5. The minimum absolute atomic E-state index is 0.498. The van der Waals surface area contributed by atoms with Gasteiger partial charge in [0.05, 0.1) is 6.61 Å². The number of hydrogen-bond acceptors (Lipinski definition) is 3. The Morgan fingerprint density at radius 2 is 1.73 bits per heavy atom. The monoisotopic (exact) mass is 375 g/mol. The lowest BCUT2D eigenvalue weighted by molar-refractivity contribution is 0.268. The van der Waals surface area contributed by atoms with Gasteiger partial charge in [0.2, 0.25) is 0 Å². The molecule has 0 radical (unpaired) electrons. The Labute approximate surface area is 162 Å². The van der Waals surface area contributed by atoms with Crippen LogP contribution in [0, 0.1) is 6.92 Å². The summed E-state index contributed by atoms with van der Waals surface area (Å²) in [5, 5.41) is 4.16. The van der Waals surface area contributed by atoms with Crippen molar-refractivity contribution in [2.24, 2.45) is 0 Å². The van der Waals surface area contributed by atoms with Gasteiger partial charge in [0, 0.05) is 17.6 Å². The van der Waals surface area contributed by atoms with Crippen LogP contribution in [0.3, 0.4) is 0 Å². The minimum Gasteiger partial charge on any atom is -0.490 e. The van der Waals surface area contributed by atoms with Crippen molar-refractivity contribution in [1.29, 1.82) is 0 Å². The molecule has 26 heavy (non-hydrogen) atoms. The van der Waals surface area contributed by atoms with Crippen molar-refractivity contribution in [3.63, 3.8) is 0 Å². The van der Waals surface area contributed by atoms with Gasteiger partial charge < -0.3 is 14.8 Å². The fourth-order valence-corrected chi connectivity index (χ4v) is 2.96. The SMILES string of the molecule is CCCCCNCc1cc(OCC)c(OCc2ccccc2C)cc1Cl. The summed E-state index contributed by atoms with van der Waals surface area (Å²) in [5.41, 5.74) is 3.41. The molecule has 0 atom stereocenters. The molecule has 2 aromatic carbocycles. The van der Waals surface area contributed by atoms with E-state index in [4.69, 9.17) is 21.1 Å². The van der Waals surface area contributed by atoms with Crippen LogP contribution < -0.4 is 14.8 Å². The summed E-state index contributed by atoms with van der Waals surface area (Å²) in [4.78, 5) is 0. The number of halogens is 1. The van der Waals surface area contributed by atoms with Gasteiger partial charge in [-0.1, -0.05) is 55.6 Å². The Hall–Kier alpha value is -1.71. The highest BCUT2D eigenvalue weighted by molar-refractivity contribution is 6.31. The normalized spacial score (nSPS) is 10.8. The third-order valence-corrected chi connectivity index (χ3v) is 4.68. The van der Waals surface area contributed by atoms with E-state index in [0.717, 1.165) is 30.0 Å². The second-order valence-corrected chi connectivity index (χ2v) is 6.83. The van der Waals surface area contributed by atoms with E-state index in [-0.39, 0.29) is 0 Å². The maximum atomic E-state index is 6.48. The molecule has 0 saturated carbocycles. The van der Waals surface area contributed by atoms with E-state index in [1.54, 1.807) is 0 Å². The molecule has 0 bridgehead atoms. The molecule has 0 saturated heterocycles. The zero-order valence-corrected chi connectivity index (χ0v) is 16.9. The van der Waals surface area contributed by atoms with Gasteiger partial charge in [0.25, 0.3) is 0 Å². The number of hydrogen-bond donors (Lipinski definition) is 1. The Kier molecular flexibility index (Phi) is 8.79. The molecule has 3 nitrogen and oxygen atoms in total. The quantitative estimate of drug-likeness (QED) is 0.495. The van der Waals surface area contributed by atoms with Crippen molar-refractivity contribution < 1.29 is 9.47 Å². The van der Waals surface area contributed by atoms with Crippen LogP contribution in [0.2, 0.25) is 5.02 Å². The summed E-state index contributed by atoms with van der Waals surface area (Å²) in [5.74, 6) is 1.44. The van der Waals surface area contributed by atoms with E-state index in [9.17, 15) is 0 Å². The lowest BCUT2D eigenvalue weighted by Crippen LogP contribution is -2.15. The van der Waals surface area contributed by atoms with E-state index >= 15 is 0 Å². The van der Waals surface area contributed by atoms with Crippen molar-refractivity contribution in [2.45, 2.75) is 53.2 Å². The first-order valence-corrected chi connectivity index (χ1v) is 9.86. The maximum absolute atomic E-state index is 6.48. The average Bonchev–Trinajstić information content (AvgIpc) is 2.63. The summed E-state index contributed by atoms with van der Waals surface area (Å²) in [7, 11) is 0. The summed E-state index contributed by atoms with van der Waals surface area (Å²) in [6.07, 6.45) is 3.66.